The second-order valence-corrected chi connectivity index (χ2v) is 3.78. The third-order valence-electron chi connectivity index (χ3n) is 2.51. The van der Waals surface area contributed by atoms with Crippen molar-refractivity contribution in [3.8, 4) is 0 Å². The molecule has 0 saturated carbocycles. The van der Waals surface area contributed by atoms with Crippen LogP contribution in [0, 0.1) is 0 Å². The predicted molar refractivity (Wildman–Crippen MR) is 58.1 cm³/mol. The van der Waals surface area contributed by atoms with Crippen molar-refractivity contribution in [2.45, 2.75) is 19.3 Å². The Morgan fingerprint density at radius 3 is 2.31 bits per heavy atom. The van der Waals surface area contributed by atoms with E-state index >= 15 is 0 Å². The molecule has 1 heteroatoms. The molecule has 0 N–H and O–H groups in total. The lowest BCUT2D eigenvalue weighted by Gasteiger charge is -2.14. The number of allylic oxidation sites excluding steroid dienone is 2. The molecule has 0 aliphatic heterocycles. The molecular weight excluding hydrogens is 180 g/mol. The van der Waals surface area contributed by atoms with Crippen molar-refractivity contribution in [1.82, 2.24) is 0 Å². The molecule has 0 bridgehead atoms. The highest BCUT2D eigenvalue weighted by molar-refractivity contribution is 6.17. The minimum atomic E-state index is 0.710. The van der Waals surface area contributed by atoms with E-state index in [2.05, 4.69) is 30.3 Å². The van der Waals surface area contributed by atoms with E-state index in [1.807, 2.05) is 0 Å². The van der Waals surface area contributed by atoms with Gasteiger partial charge in [0.1, 0.15) is 0 Å². The fourth-order valence-corrected chi connectivity index (χ4v) is 1.76. The van der Waals surface area contributed by atoms with Gasteiger partial charge in [0.2, 0.25) is 0 Å². The summed E-state index contributed by atoms with van der Waals surface area (Å²) >= 11 is 5.67. The van der Waals surface area contributed by atoms with Crippen molar-refractivity contribution in [2.75, 3.05) is 5.88 Å². The molecule has 0 aromatic heterocycles. The fourth-order valence-electron chi connectivity index (χ4n) is 1.55. The smallest absolute Gasteiger partial charge is 0.0263 e. The average Bonchev–Trinajstić information content (AvgIpc) is 2.06. The Hall–Kier alpha value is -0.750. The maximum atomic E-state index is 5.67. The number of alkyl halides is 1. The molecule has 0 saturated heterocycles. The van der Waals surface area contributed by atoms with Crippen molar-refractivity contribution in [3.63, 3.8) is 0 Å². The molecule has 0 unspecified atom stereocenters. The first-order valence-corrected chi connectivity index (χ1v) is 5.28. The zero-order chi connectivity index (χ0) is 9.10. The zero-order valence-electron chi connectivity index (χ0n) is 7.59. The molecule has 13 heavy (non-hydrogen) atoms. The lowest BCUT2D eigenvalue weighted by molar-refractivity contribution is 0.987. The minimum Gasteiger partial charge on any atom is -0.126 e. The SMILES string of the molecule is ClCCc1ccc(C2=CCC2)cc1. The van der Waals surface area contributed by atoms with Gasteiger partial charge in [-0.1, -0.05) is 30.3 Å². The third kappa shape index (κ3) is 1.94. The van der Waals surface area contributed by atoms with Crippen LogP contribution >= 0.6 is 11.6 Å². The van der Waals surface area contributed by atoms with E-state index in [9.17, 15) is 0 Å². The molecule has 0 radical (unpaired) electrons. The van der Waals surface area contributed by atoms with Gasteiger partial charge in [-0.15, -0.1) is 11.6 Å². The van der Waals surface area contributed by atoms with E-state index in [4.69, 9.17) is 11.6 Å². The van der Waals surface area contributed by atoms with Crippen LogP contribution in [0.4, 0.5) is 0 Å². The standard InChI is InChI=1S/C12H13Cl/c13-9-8-10-4-6-12(7-5-10)11-2-1-3-11/h2,4-7H,1,3,8-9H2. The summed E-state index contributed by atoms with van der Waals surface area (Å²) in [6.45, 7) is 0. The number of aryl methyl sites for hydroxylation is 1. The van der Waals surface area contributed by atoms with Crippen molar-refractivity contribution in [3.05, 3.63) is 41.5 Å². The summed E-state index contributed by atoms with van der Waals surface area (Å²) in [5.41, 5.74) is 4.21. The quantitative estimate of drug-likeness (QED) is 0.642. The predicted octanol–water partition coefficient (Wildman–Crippen LogP) is 3.65. The van der Waals surface area contributed by atoms with Crippen LogP contribution in [-0.2, 0) is 6.42 Å². The van der Waals surface area contributed by atoms with Crippen LogP contribution < -0.4 is 0 Å². The molecule has 0 atom stereocenters. The minimum absolute atomic E-state index is 0.710. The largest absolute Gasteiger partial charge is 0.126 e. The average molecular weight is 193 g/mol. The lowest BCUT2D eigenvalue weighted by Crippen LogP contribution is -1.94. The number of rotatable bonds is 3. The van der Waals surface area contributed by atoms with Gasteiger partial charge in [0.25, 0.3) is 0 Å². The summed E-state index contributed by atoms with van der Waals surface area (Å²) in [6, 6.07) is 8.76. The normalized spacial score (nSPS) is 15.0. The van der Waals surface area contributed by atoms with Gasteiger partial charge >= 0.3 is 0 Å². The molecule has 0 nitrogen and oxygen atoms in total. The van der Waals surface area contributed by atoms with Gasteiger partial charge in [0.05, 0.1) is 0 Å². The van der Waals surface area contributed by atoms with Crippen molar-refractivity contribution >= 4 is 17.2 Å². The van der Waals surface area contributed by atoms with Crippen LogP contribution in [0.2, 0.25) is 0 Å². The number of hydrogen-bond acceptors (Lipinski definition) is 0. The zero-order valence-corrected chi connectivity index (χ0v) is 8.35. The summed E-state index contributed by atoms with van der Waals surface area (Å²) in [4.78, 5) is 0. The van der Waals surface area contributed by atoms with Crippen LogP contribution in [0.15, 0.2) is 30.3 Å². The first-order chi connectivity index (χ1) is 6.40. The summed E-state index contributed by atoms with van der Waals surface area (Å²) in [5.74, 6) is 0.710. The number of halogens is 1. The summed E-state index contributed by atoms with van der Waals surface area (Å²) in [7, 11) is 0. The highest BCUT2D eigenvalue weighted by Crippen LogP contribution is 2.28. The van der Waals surface area contributed by atoms with Gasteiger partial charge in [0, 0.05) is 5.88 Å². The lowest BCUT2D eigenvalue weighted by atomic mass is 9.91. The second kappa shape index (κ2) is 3.97. The number of hydrogen-bond donors (Lipinski definition) is 0. The Bertz CT molecular complexity index is 308. The van der Waals surface area contributed by atoms with Gasteiger partial charge < -0.3 is 0 Å². The summed E-state index contributed by atoms with van der Waals surface area (Å²) in [5, 5.41) is 0. The van der Waals surface area contributed by atoms with Crippen LogP contribution in [0.1, 0.15) is 24.0 Å². The van der Waals surface area contributed by atoms with Crippen LogP contribution in [0.5, 0.6) is 0 Å². The van der Waals surface area contributed by atoms with Crippen molar-refractivity contribution in [2.24, 2.45) is 0 Å². The molecule has 2 rings (SSSR count). The topological polar surface area (TPSA) is 0 Å². The van der Waals surface area contributed by atoms with Gasteiger partial charge in [-0.2, -0.15) is 0 Å². The maximum absolute atomic E-state index is 5.67. The van der Waals surface area contributed by atoms with E-state index in [1.54, 1.807) is 0 Å². The van der Waals surface area contributed by atoms with Gasteiger partial charge in [-0.3, -0.25) is 0 Å². The van der Waals surface area contributed by atoms with Crippen molar-refractivity contribution in [1.29, 1.82) is 0 Å². The Kier molecular flexibility index (Phi) is 2.70. The molecule has 0 heterocycles. The van der Waals surface area contributed by atoms with Crippen LogP contribution in [0.3, 0.4) is 0 Å². The van der Waals surface area contributed by atoms with E-state index in [-0.39, 0.29) is 0 Å². The Morgan fingerprint density at radius 1 is 1.15 bits per heavy atom. The Balaban J connectivity index is 2.13. The molecule has 1 aromatic carbocycles. The first-order valence-electron chi connectivity index (χ1n) is 4.74. The van der Waals surface area contributed by atoms with E-state index in [0.717, 1.165) is 6.42 Å². The Morgan fingerprint density at radius 2 is 1.85 bits per heavy atom. The van der Waals surface area contributed by atoms with E-state index in [0.29, 0.717) is 5.88 Å². The molecular formula is C12H13Cl. The van der Waals surface area contributed by atoms with Crippen LogP contribution in [-0.4, -0.2) is 5.88 Å². The first kappa shape index (κ1) is 8.83. The molecule has 68 valence electrons. The monoisotopic (exact) mass is 192 g/mol. The Labute approximate surface area is 84.2 Å². The maximum Gasteiger partial charge on any atom is 0.0263 e. The van der Waals surface area contributed by atoms with Gasteiger partial charge in [-0.25, -0.2) is 0 Å². The highest BCUT2D eigenvalue weighted by atomic mass is 35.5. The molecule has 1 aliphatic rings. The van der Waals surface area contributed by atoms with Crippen molar-refractivity contribution < 1.29 is 0 Å². The second-order valence-electron chi connectivity index (χ2n) is 3.40. The van der Waals surface area contributed by atoms with E-state index < -0.39 is 0 Å². The molecule has 0 spiro atoms. The van der Waals surface area contributed by atoms with Gasteiger partial charge in [0.15, 0.2) is 0 Å². The highest BCUT2D eigenvalue weighted by Gasteiger charge is 2.07. The van der Waals surface area contributed by atoms with Gasteiger partial charge in [-0.05, 0) is 36.0 Å². The fraction of sp³-hybridized carbons (Fsp3) is 0.333. The molecule has 0 amide bonds. The molecule has 0 fully saturated rings. The van der Waals surface area contributed by atoms with Crippen LogP contribution in [0.25, 0.3) is 5.57 Å². The third-order valence-corrected chi connectivity index (χ3v) is 2.70. The molecule has 1 aromatic rings. The van der Waals surface area contributed by atoms with E-state index in [1.165, 1.54) is 29.5 Å². The summed E-state index contributed by atoms with van der Waals surface area (Å²) < 4.78 is 0. The summed E-state index contributed by atoms with van der Waals surface area (Å²) in [6.07, 6.45) is 5.77. The number of benzene rings is 1. The molecule has 1 aliphatic carbocycles.